The number of aryl methyl sites for hydroxylation is 1. The minimum absolute atomic E-state index is 0.137. The van der Waals surface area contributed by atoms with Crippen LogP contribution in [0.15, 0.2) is 18.2 Å². The van der Waals surface area contributed by atoms with Crippen LogP contribution in [0.3, 0.4) is 0 Å². The number of amides is 2. The summed E-state index contributed by atoms with van der Waals surface area (Å²) in [4.78, 5) is 34.2. The lowest BCUT2D eigenvalue weighted by atomic mass is 9.98. The van der Waals surface area contributed by atoms with E-state index >= 15 is 0 Å². The maximum Gasteiger partial charge on any atom is 0.284 e. The van der Waals surface area contributed by atoms with Crippen LogP contribution < -0.4 is 10.2 Å². The number of carbonyl (C=O) groups excluding carboxylic acids is 3. The van der Waals surface area contributed by atoms with Crippen molar-refractivity contribution in [2.45, 2.75) is 19.3 Å². The second kappa shape index (κ2) is 5.65. The Hall–Kier alpha value is -2.17. The molecule has 1 aromatic carbocycles. The molecule has 5 heteroatoms. The molecule has 0 atom stereocenters. The van der Waals surface area contributed by atoms with Crippen LogP contribution in [-0.2, 0) is 27.2 Å². The standard InChI is InChI=1S/C14H16N2O3/c1-16-12-4-2-10(6-7-15-13(18)9-17)8-11(12)3-5-14(16)19/h2,4,8-9H,3,5-7H2,1H3,(H,15,18). The van der Waals surface area contributed by atoms with Gasteiger partial charge in [0.05, 0.1) is 0 Å². The van der Waals surface area contributed by atoms with Crippen molar-refractivity contribution in [3.63, 3.8) is 0 Å². The van der Waals surface area contributed by atoms with Gasteiger partial charge in [0.25, 0.3) is 5.91 Å². The van der Waals surface area contributed by atoms with Crippen molar-refractivity contribution in [2.24, 2.45) is 0 Å². The van der Waals surface area contributed by atoms with Gasteiger partial charge in [-0.1, -0.05) is 12.1 Å². The SMILES string of the molecule is CN1C(=O)CCc2cc(CCNC(=O)C=O)ccc21. The first-order valence-electron chi connectivity index (χ1n) is 6.23. The summed E-state index contributed by atoms with van der Waals surface area (Å²) in [5, 5.41) is 2.51. The molecule has 5 nitrogen and oxygen atoms in total. The fourth-order valence-corrected chi connectivity index (χ4v) is 2.24. The van der Waals surface area contributed by atoms with Crippen LogP contribution >= 0.6 is 0 Å². The van der Waals surface area contributed by atoms with Crippen molar-refractivity contribution in [3.8, 4) is 0 Å². The molecule has 19 heavy (non-hydrogen) atoms. The van der Waals surface area contributed by atoms with Crippen LogP contribution in [0.2, 0.25) is 0 Å². The van der Waals surface area contributed by atoms with E-state index in [0.717, 1.165) is 23.2 Å². The Labute approximate surface area is 111 Å². The second-order valence-corrected chi connectivity index (χ2v) is 4.57. The molecule has 2 amide bonds. The zero-order chi connectivity index (χ0) is 13.8. The number of aldehydes is 1. The Bertz CT molecular complexity index is 525. The molecule has 2 rings (SSSR count). The zero-order valence-corrected chi connectivity index (χ0v) is 10.8. The van der Waals surface area contributed by atoms with Crippen molar-refractivity contribution >= 4 is 23.8 Å². The third kappa shape index (κ3) is 2.99. The van der Waals surface area contributed by atoms with Gasteiger partial charge in [0.15, 0.2) is 0 Å². The summed E-state index contributed by atoms with van der Waals surface area (Å²) in [6, 6.07) is 5.94. The number of fused-ring (bicyclic) bond motifs is 1. The van der Waals surface area contributed by atoms with Gasteiger partial charge in [0.1, 0.15) is 0 Å². The molecule has 0 aromatic heterocycles. The molecule has 0 spiro atoms. The largest absolute Gasteiger partial charge is 0.349 e. The van der Waals surface area contributed by atoms with Crippen LogP contribution in [0.1, 0.15) is 17.5 Å². The molecule has 1 heterocycles. The van der Waals surface area contributed by atoms with Gasteiger partial charge >= 0.3 is 0 Å². The Kier molecular flexibility index (Phi) is 3.94. The monoisotopic (exact) mass is 260 g/mol. The summed E-state index contributed by atoms with van der Waals surface area (Å²) in [6.45, 7) is 0.436. The minimum Gasteiger partial charge on any atom is -0.349 e. The lowest BCUT2D eigenvalue weighted by Gasteiger charge is -2.26. The Morgan fingerprint density at radius 3 is 2.95 bits per heavy atom. The quantitative estimate of drug-likeness (QED) is 0.631. The van der Waals surface area contributed by atoms with Gasteiger partial charge in [-0.2, -0.15) is 0 Å². The predicted octanol–water partition coefficient (Wildman–Crippen LogP) is 0.453. The first kappa shape index (κ1) is 13.3. The third-order valence-corrected chi connectivity index (χ3v) is 3.31. The number of hydrogen-bond acceptors (Lipinski definition) is 3. The highest BCUT2D eigenvalue weighted by atomic mass is 16.2. The van der Waals surface area contributed by atoms with E-state index in [2.05, 4.69) is 11.4 Å². The van der Waals surface area contributed by atoms with Crippen LogP contribution in [0, 0.1) is 0 Å². The maximum atomic E-state index is 11.6. The first-order chi connectivity index (χ1) is 9.11. The van der Waals surface area contributed by atoms with Gasteiger partial charge in [-0.25, -0.2) is 0 Å². The molecule has 1 aliphatic heterocycles. The van der Waals surface area contributed by atoms with E-state index < -0.39 is 5.91 Å². The molecular weight excluding hydrogens is 244 g/mol. The molecule has 0 bridgehead atoms. The Balaban J connectivity index is 2.03. The van der Waals surface area contributed by atoms with E-state index in [-0.39, 0.29) is 12.2 Å². The fraction of sp³-hybridized carbons (Fsp3) is 0.357. The molecule has 100 valence electrons. The van der Waals surface area contributed by atoms with Crippen molar-refractivity contribution < 1.29 is 14.4 Å². The minimum atomic E-state index is -0.594. The summed E-state index contributed by atoms with van der Waals surface area (Å²) in [5.74, 6) is -0.457. The van der Waals surface area contributed by atoms with Crippen LogP contribution in [0.25, 0.3) is 0 Å². The lowest BCUT2D eigenvalue weighted by molar-refractivity contribution is -0.131. The van der Waals surface area contributed by atoms with E-state index in [1.54, 1.807) is 11.9 Å². The molecule has 0 unspecified atom stereocenters. The molecule has 0 saturated heterocycles. The summed E-state index contributed by atoms with van der Waals surface area (Å²) >= 11 is 0. The fourth-order valence-electron chi connectivity index (χ4n) is 2.24. The smallest absolute Gasteiger partial charge is 0.284 e. The van der Waals surface area contributed by atoms with Gasteiger partial charge in [-0.15, -0.1) is 0 Å². The number of nitrogens with zero attached hydrogens (tertiary/aromatic N) is 1. The zero-order valence-electron chi connectivity index (χ0n) is 10.8. The molecule has 0 fully saturated rings. The van der Waals surface area contributed by atoms with Gasteiger partial charge in [-0.05, 0) is 30.0 Å². The molecule has 0 radical (unpaired) electrons. The van der Waals surface area contributed by atoms with E-state index in [9.17, 15) is 14.4 Å². The topological polar surface area (TPSA) is 66.5 Å². The van der Waals surface area contributed by atoms with Crippen molar-refractivity contribution in [2.75, 3.05) is 18.5 Å². The molecular formula is C14H16N2O3. The van der Waals surface area contributed by atoms with E-state index in [1.165, 1.54) is 0 Å². The Morgan fingerprint density at radius 1 is 1.42 bits per heavy atom. The highest BCUT2D eigenvalue weighted by Crippen LogP contribution is 2.27. The number of hydrogen-bond donors (Lipinski definition) is 1. The normalized spacial score (nSPS) is 13.9. The first-order valence-corrected chi connectivity index (χ1v) is 6.23. The average Bonchev–Trinajstić information content (AvgIpc) is 2.43. The van der Waals surface area contributed by atoms with Gasteiger partial charge in [0, 0.05) is 25.7 Å². The van der Waals surface area contributed by atoms with Crippen LogP contribution in [0.5, 0.6) is 0 Å². The lowest BCUT2D eigenvalue weighted by Crippen LogP contribution is -2.31. The summed E-state index contributed by atoms with van der Waals surface area (Å²) in [6.07, 6.45) is 2.24. The summed E-state index contributed by atoms with van der Waals surface area (Å²) < 4.78 is 0. The number of benzene rings is 1. The predicted molar refractivity (Wildman–Crippen MR) is 71.0 cm³/mol. The number of rotatable bonds is 4. The van der Waals surface area contributed by atoms with Crippen molar-refractivity contribution in [3.05, 3.63) is 29.3 Å². The second-order valence-electron chi connectivity index (χ2n) is 4.57. The molecule has 1 aliphatic rings. The summed E-state index contributed by atoms with van der Waals surface area (Å²) in [7, 11) is 1.78. The highest BCUT2D eigenvalue weighted by Gasteiger charge is 2.20. The molecule has 1 N–H and O–H groups in total. The van der Waals surface area contributed by atoms with Gasteiger partial charge in [0.2, 0.25) is 12.2 Å². The highest BCUT2D eigenvalue weighted by molar-refractivity contribution is 6.23. The molecule has 0 saturated carbocycles. The van der Waals surface area contributed by atoms with E-state index in [0.29, 0.717) is 19.4 Å². The van der Waals surface area contributed by atoms with E-state index in [1.807, 2.05) is 12.1 Å². The number of anilines is 1. The van der Waals surface area contributed by atoms with Crippen molar-refractivity contribution in [1.29, 1.82) is 0 Å². The molecule has 1 aromatic rings. The van der Waals surface area contributed by atoms with Gasteiger partial charge in [-0.3, -0.25) is 14.4 Å². The summed E-state index contributed by atoms with van der Waals surface area (Å²) in [5.41, 5.74) is 3.20. The van der Waals surface area contributed by atoms with Crippen molar-refractivity contribution in [1.82, 2.24) is 5.32 Å². The maximum absolute atomic E-state index is 11.6. The third-order valence-electron chi connectivity index (χ3n) is 3.31. The molecule has 0 aliphatic carbocycles. The van der Waals surface area contributed by atoms with Crippen LogP contribution in [-0.4, -0.2) is 31.7 Å². The average molecular weight is 260 g/mol. The van der Waals surface area contributed by atoms with Crippen LogP contribution in [0.4, 0.5) is 5.69 Å². The number of nitrogens with one attached hydrogen (secondary N) is 1. The Morgan fingerprint density at radius 2 is 2.21 bits per heavy atom. The van der Waals surface area contributed by atoms with E-state index in [4.69, 9.17) is 0 Å². The number of carbonyl (C=O) groups is 3. The van der Waals surface area contributed by atoms with Gasteiger partial charge < -0.3 is 10.2 Å².